The smallest absolute Gasteiger partial charge is 0.271 e. The molecule has 0 aliphatic carbocycles. The van der Waals surface area contributed by atoms with Gasteiger partial charge in [0.05, 0.1) is 16.0 Å². The third-order valence-corrected chi connectivity index (χ3v) is 6.18. The first-order valence-electron chi connectivity index (χ1n) is 8.19. The second-order valence-electron chi connectivity index (χ2n) is 5.99. The number of piperidine rings is 1. The molecule has 11 heteroatoms. The first-order chi connectivity index (χ1) is 12.9. The van der Waals surface area contributed by atoms with Crippen LogP contribution in [0.4, 0.5) is 5.69 Å². The van der Waals surface area contributed by atoms with Crippen LogP contribution in [0.15, 0.2) is 47.8 Å². The minimum Gasteiger partial charge on any atom is -0.348 e. The Hall–Kier alpha value is -2.92. The number of nitrogens with zero attached hydrogens (tertiary/aromatic N) is 4. The number of nitro benzene ring substituents is 1. The topological polar surface area (TPSA) is 135 Å². The van der Waals surface area contributed by atoms with Crippen LogP contribution in [0, 0.1) is 10.1 Å². The van der Waals surface area contributed by atoms with Gasteiger partial charge in [-0.3, -0.25) is 19.9 Å². The van der Waals surface area contributed by atoms with E-state index in [1.807, 2.05) is 0 Å². The van der Waals surface area contributed by atoms with Gasteiger partial charge in [0.15, 0.2) is 0 Å². The van der Waals surface area contributed by atoms with Gasteiger partial charge in [0.1, 0.15) is 5.69 Å². The van der Waals surface area contributed by atoms with Crippen molar-refractivity contribution in [2.75, 3.05) is 13.1 Å². The van der Waals surface area contributed by atoms with Gasteiger partial charge in [0, 0.05) is 43.7 Å². The molecule has 1 aliphatic rings. The van der Waals surface area contributed by atoms with E-state index in [0.717, 1.165) is 0 Å². The molecule has 27 heavy (non-hydrogen) atoms. The molecule has 1 saturated heterocycles. The summed E-state index contributed by atoms with van der Waals surface area (Å²) in [6, 6.07) is 4.63. The van der Waals surface area contributed by atoms with Crippen LogP contribution in [0.5, 0.6) is 0 Å². The van der Waals surface area contributed by atoms with Crippen LogP contribution >= 0.6 is 0 Å². The van der Waals surface area contributed by atoms with Crippen LogP contribution in [0.1, 0.15) is 23.3 Å². The Bertz CT molecular complexity index is 925. The van der Waals surface area contributed by atoms with Gasteiger partial charge in [-0.2, -0.15) is 4.31 Å². The molecule has 0 saturated carbocycles. The Morgan fingerprint density at radius 1 is 1.19 bits per heavy atom. The van der Waals surface area contributed by atoms with Crippen LogP contribution in [0.25, 0.3) is 0 Å². The second kappa shape index (κ2) is 7.76. The maximum Gasteiger partial charge on any atom is 0.271 e. The number of nitro groups is 1. The first-order valence-corrected chi connectivity index (χ1v) is 9.63. The quantitative estimate of drug-likeness (QED) is 0.592. The van der Waals surface area contributed by atoms with E-state index in [1.54, 1.807) is 0 Å². The number of non-ortho nitro benzene ring substituents is 1. The van der Waals surface area contributed by atoms with Crippen molar-refractivity contribution in [1.82, 2.24) is 19.6 Å². The number of rotatable bonds is 5. The van der Waals surface area contributed by atoms with Crippen molar-refractivity contribution in [2.24, 2.45) is 0 Å². The van der Waals surface area contributed by atoms with Crippen molar-refractivity contribution >= 4 is 21.6 Å². The highest BCUT2D eigenvalue weighted by Gasteiger charge is 2.30. The zero-order chi connectivity index (χ0) is 19.4. The molecule has 0 atom stereocenters. The van der Waals surface area contributed by atoms with Crippen molar-refractivity contribution in [3.05, 3.63) is 58.7 Å². The summed E-state index contributed by atoms with van der Waals surface area (Å²) < 4.78 is 26.7. The molecular formula is C16H17N5O5S. The molecule has 1 N–H and O–H groups in total. The third kappa shape index (κ3) is 4.26. The highest BCUT2D eigenvalue weighted by Crippen LogP contribution is 2.23. The zero-order valence-corrected chi connectivity index (χ0v) is 15.0. The minimum absolute atomic E-state index is 0.00939. The third-order valence-electron chi connectivity index (χ3n) is 4.27. The van der Waals surface area contributed by atoms with Gasteiger partial charge >= 0.3 is 0 Å². The lowest BCUT2D eigenvalue weighted by molar-refractivity contribution is -0.384. The van der Waals surface area contributed by atoms with Crippen LogP contribution in [0.3, 0.4) is 0 Å². The molecule has 1 amide bonds. The Labute approximate surface area is 155 Å². The average Bonchev–Trinajstić information content (AvgIpc) is 2.69. The fourth-order valence-corrected chi connectivity index (χ4v) is 4.27. The fraction of sp³-hybridized carbons (Fsp3) is 0.312. The molecular weight excluding hydrogens is 374 g/mol. The van der Waals surface area contributed by atoms with E-state index < -0.39 is 14.9 Å². The molecule has 1 fully saturated rings. The van der Waals surface area contributed by atoms with Gasteiger partial charge in [-0.1, -0.05) is 0 Å². The van der Waals surface area contributed by atoms with Crippen molar-refractivity contribution < 1.29 is 18.1 Å². The lowest BCUT2D eigenvalue weighted by atomic mass is 10.1. The van der Waals surface area contributed by atoms with Gasteiger partial charge in [0.25, 0.3) is 11.6 Å². The fourth-order valence-electron chi connectivity index (χ4n) is 2.81. The summed E-state index contributed by atoms with van der Waals surface area (Å²) in [5, 5.41) is 13.5. The molecule has 0 unspecified atom stereocenters. The van der Waals surface area contributed by atoms with Crippen LogP contribution in [-0.4, -0.2) is 52.7 Å². The normalized spacial score (nSPS) is 16.0. The maximum absolute atomic E-state index is 12.7. The Morgan fingerprint density at radius 2 is 1.85 bits per heavy atom. The van der Waals surface area contributed by atoms with Gasteiger partial charge in [-0.15, -0.1) is 0 Å². The van der Waals surface area contributed by atoms with Gasteiger partial charge in [0.2, 0.25) is 10.0 Å². The summed E-state index contributed by atoms with van der Waals surface area (Å²) in [7, 11) is -3.73. The molecule has 2 heterocycles. The highest BCUT2D eigenvalue weighted by atomic mass is 32.2. The minimum atomic E-state index is -3.73. The van der Waals surface area contributed by atoms with Crippen molar-refractivity contribution in [3.8, 4) is 0 Å². The van der Waals surface area contributed by atoms with Gasteiger partial charge in [-0.05, 0) is 25.0 Å². The molecule has 142 valence electrons. The van der Waals surface area contributed by atoms with Crippen molar-refractivity contribution in [1.29, 1.82) is 0 Å². The van der Waals surface area contributed by atoms with Crippen molar-refractivity contribution in [2.45, 2.75) is 23.8 Å². The number of carbonyl (C=O) groups is 1. The Balaban J connectivity index is 1.61. The molecule has 0 bridgehead atoms. The van der Waals surface area contributed by atoms with E-state index >= 15 is 0 Å². The lowest BCUT2D eigenvalue weighted by Gasteiger charge is -2.31. The molecule has 1 aliphatic heterocycles. The van der Waals surface area contributed by atoms with E-state index in [9.17, 15) is 23.3 Å². The highest BCUT2D eigenvalue weighted by molar-refractivity contribution is 7.89. The number of hydrogen-bond acceptors (Lipinski definition) is 7. The van der Waals surface area contributed by atoms with Crippen LogP contribution in [0.2, 0.25) is 0 Å². The summed E-state index contributed by atoms with van der Waals surface area (Å²) in [5.74, 6) is -0.347. The predicted molar refractivity (Wildman–Crippen MR) is 94.4 cm³/mol. The van der Waals surface area contributed by atoms with Gasteiger partial charge < -0.3 is 5.32 Å². The number of aromatic nitrogens is 2. The second-order valence-corrected chi connectivity index (χ2v) is 7.93. The van der Waals surface area contributed by atoms with E-state index in [2.05, 4.69) is 15.3 Å². The number of benzene rings is 1. The van der Waals surface area contributed by atoms with E-state index in [0.29, 0.717) is 12.8 Å². The Kier molecular flexibility index (Phi) is 5.42. The first kappa shape index (κ1) is 18.9. The SMILES string of the molecule is O=C(NC1CCN(S(=O)(=O)c2ccc([N+](=O)[O-])cc2)CC1)c1cnccn1. The molecule has 2 aromatic rings. The lowest BCUT2D eigenvalue weighted by Crippen LogP contribution is -2.46. The van der Waals surface area contributed by atoms with E-state index in [4.69, 9.17) is 0 Å². The Morgan fingerprint density at radius 3 is 2.41 bits per heavy atom. The summed E-state index contributed by atoms with van der Waals surface area (Å²) in [4.78, 5) is 30.0. The number of carbonyl (C=O) groups excluding carboxylic acids is 1. The molecule has 3 rings (SSSR count). The van der Waals surface area contributed by atoms with Crippen LogP contribution in [-0.2, 0) is 10.0 Å². The molecule has 1 aromatic heterocycles. The summed E-state index contributed by atoms with van der Waals surface area (Å²) in [5.41, 5.74) is 0.0396. The maximum atomic E-state index is 12.7. The number of nitrogens with one attached hydrogen (secondary N) is 1. The molecule has 10 nitrogen and oxygen atoms in total. The van der Waals surface area contributed by atoms with Gasteiger partial charge in [-0.25, -0.2) is 13.4 Å². The van der Waals surface area contributed by atoms with E-state index in [-0.39, 0.29) is 41.3 Å². The summed E-state index contributed by atoms with van der Waals surface area (Å²) >= 11 is 0. The molecule has 0 spiro atoms. The molecule has 1 aromatic carbocycles. The summed E-state index contributed by atoms with van der Waals surface area (Å²) in [6.45, 7) is 0.482. The largest absolute Gasteiger partial charge is 0.348 e. The summed E-state index contributed by atoms with van der Waals surface area (Å²) in [6.07, 6.45) is 5.17. The number of amides is 1. The number of sulfonamides is 1. The average molecular weight is 391 g/mol. The van der Waals surface area contributed by atoms with E-state index in [1.165, 1.54) is 47.2 Å². The molecule has 0 radical (unpaired) electrons. The zero-order valence-electron chi connectivity index (χ0n) is 14.2. The number of hydrogen-bond donors (Lipinski definition) is 1. The van der Waals surface area contributed by atoms with Crippen molar-refractivity contribution in [3.63, 3.8) is 0 Å². The predicted octanol–water partition coefficient (Wildman–Crippen LogP) is 0.968. The van der Waals surface area contributed by atoms with Crippen LogP contribution < -0.4 is 5.32 Å². The monoisotopic (exact) mass is 391 g/mol. The standard InChI is InChI=1S/C16H17N5O5S/c22-16(15-11-17-7-8-18-15)19-12-5-9-20(10-6-12)27(25,26)14-3-1-13(2-4-14)21(23)24/h1-4,7-8,11-12H,5-6,9-10H2,(H,19,22).